The summed E-state index contributed by atoms with van der Waals surface area (Å²) in [5, 5.41) is 4.60. The van der Waals surface area contributed by atoms with Crippen LogP contribution in [0.5, 0.6) is 0 Å². The highest BCUT2D eigenvalue weighted by Gasteiger charge is 2.20. The van der Waals surface area contributed by atoms with E-state index in [1.165, 1.54) is 7.11 Å². The van der Waals surface area contributed by atoms with Crippen LogP contribution < -0.4 is 5.32 Å². The Kier molecular flexibility index (Phi) is 5.30. The molecule has 0 saturated carbocycles. The highest BCUT2D eigenvalue weighted by atomic mass is 35.5. The van der Waals surface area contributed by atoms with E-state index >= 15 is 0 Å². The number of hydrogen-bond acceptors (Lipinski definition) is 6. The Labute approximate surface area is 179 Å². The first-order valence-electron chi connectivity index (χ1n) is 9.70. The van der Waals surface area contributed by atoms with Crippen LogP contribution in [0.4, 0.5) is 5.69 Å². The van der Waals surface area contributed by atoms with Gasteiger partial charge in [-0.3, -0.25) is 4.40 Å². The van der Waals surface area contributed by atoms with E-state index in [-0.39, 0.29) is 16.9 Å². The molecule has 1 N–H and O–H groups in total. The van der Waals surface area contributed by atoms with Gasteiger partial charge in [-0.1, -0.05) is 24.6 Å². The van der Waals surface area contributed by atoms with Gasteiger partial charge in [-0.15, -0.1) is 0 Å². The van der Waals surface area contributed by atoms with Gasteiger partial charge in [0.05, 0.1) is 24.4 Å². The van der Waals surface area contributed by atoms with E-state index in [2.05, 4.69) is 34.3 Å². The summed E-state index contributed by atoms with van der Waals surface area (Å²) >= 11 is 5.98. The fourth-order valence-electron chi connectivity index (χ4n) is 3.69. The second-order valence-electron chi connectivity index (χ2n) is 7.14. The summed E-state index contributed by atoms with van der Waals surface area (Å²) in [5.74, 6) is 0.391. The van der Waals surface area contributed by atoms with E-state index in [9.17, 15) is 4.79 Å². The molecule has 0 aliphatic rings. The fraction of sp³-hybridized carbons (Fsp3) is 0.273. The number of aryl methyl sites for hydroxylation is 2. The van der Waals surface area contributed by atoms with Gasteiger partial charge in [-0.2, -0.15) is 0 Å². The maximum absolute atomic E-state index is 12.2. The minimum atomic E-state index is -0.549. The second-order valence-corrected chi connectivity index (χ2v) is 7.53. The SMILES string of the molecule is CCc1nc2c([C@@H](C)Nc3ccc(Cl)nc3C(=O)OC)cc(C)cc2c2nccn12. The zero-order valence-electron chi connectivity index (χ0n) is 17.2. The number of carbonyl (C=O) groups is 1. The highest BCUT2D eigenvalue weighted by molar-refractivity contribution is 6.29. The monoisotopic (exact) mass is 423 g/mol. The van der Waals surface area contributed by atoms with Crippen LogP contribution in [-0.2, 0) is 11.2 Å². The number of ether oxygens (including phenoxy) is 1. The molecule has 1 atom stereocenters. The van der Waals surface area contributed by atoms with Crippen molar-refractivity contribution in [2.75, 3.05) is 12.4 Å². The van der Waals surface area contributed by atoms with Gasteiger partial charge in [0.15, 0.2) is 5.69 Å². The number of hydrogen-bond donors (Lipinski definition) is 1. The summed E-state index contributed by atoms with van der Waals surface area (Å²) in [7, 11) is 1.32. The molecular weight excluding hydrogens is 402 g/mol. The number of fused-ring (bicyclic) bond motifs is 3. The van der Waals surface area contributed by atoms with Crippen molar-refractivity contribution in [1.82, 2.24) is 19.4 Å². The molecule has 0 fully saturated rings. The van der Waals surface area contributed by atoms with Crippen molar-refractivity contribution in [3.05, 3.63) is 64.5 Å². The maximum atomic E-state index is 12.2. The molecular formula is C22H22ClN5O2. The van der Waals surface area contributed by atoms with Gasteiger partial charge in [0.25, 0.3) is 0 Å². The Morgan fingerprint density at radius 2 is 2.10 bits per heavy atom. The van der Waals surface area contributed by atoms with E-state index in [1.54, 1.807) is 18.3 Å². The molecule has 0 aliphatic carbocycles. The van der Waals surface area contributed by atoms with Gasteiger partial charge in [-0.25, -0.2) is 19.7 Å². The summed E-state index contributed by atoms with van der Waals surface area (Å²) in [6.07, 6.45) is 4.51. The third-order valence-corrected chi connectivity index (χ3v) is 5.29. The minimum absolute atomic E-state index is 0.145. The van der Waals surface area contributed by atoms with Crippen LogP contribution in [0.2, 0.25) is 5.15 Å². The third-order valence-electron chi connectivity index (χ3n) is 5.08. The Morgan fingerprint density at radius 3 is 2.83 bits per heavy atom. The molecule has 7 nitrogen and oxygen atoms in total. The number of anilines is 1. The van der Waals surface area contributed by atoms with Gasteiger partial charge in [0.2, 0.25) is 0 Å². The molecule has 3 heterocycles. The maximum Gasteiger partial charge on any atom is 0.358 e. The van der Waals surface area contributed by atoms with E-state index in [0.29, 0.717) is 5.69 Å². The number of nitrogens with zero attached hydrogens (tertiary/aromatic N) is 4. The summed E-state index contributed by atoms with van der Waals surface area (Å²) in [6.45, 7) is 6.14. The number of rotatable bonds is 5. The van der Waals surface area contributed by atoms with E-state index in [4.69, 9.17) is 21.3 Å². The number of carbonyl (C=O) groups excluding carboxylic acids is 1. The van der Waals surface area contributed by atoms with Crippen LogP contribution in [0.15, 0.2) is 36.7 Å². The van der Waals surface area contributed by atoms with Crippen molar-refractivity contribution in [3.8, 4) is 0 Å². The first-order valence-corrected chi connectivity index (χ1v) is 10.1. The average Bonchev–Trinajstić information content (AvgIpc) is 3.23. The smallest absolute Gasteiger partial charge is 0.358 e. The zero-order valence-corrected chi connectivity index (χ0v) is 18.0. The lowest BCUT2D eigenvalue weighted by atomic mass is 10.0. The first-order chi connectivity index (χ1) is 14.4. The molecule has 154 valence electrons. The number of methoxy groups -OCH3 is 1. The summed E-state index contributed by atoms with van der Waals surface area (Å²) in [6, 6.07) is 7.41. The van der Waals surface area contributed by atoms with Crippen molar-refractivity contribution in [2.24, 2.45) is 0 Å². The normalized spacial score (nSPS) is 12.3. The Hall–Kier alpha value is -3.19. The van der Waals surface area contributed by atoms with Crippen LogP contribution in [-0.4, -0.2) is 32.4 Å². The van der Waals surface area contributed by atoms with Gasteiger partial charge >= 0.3 is 5.97 Å². The Bertz CT molecular complexity index is 1270. The molecule has 0 amide bonds. The van der Waals surface area contributed by atoms with Crippen LogP contribution in [0.3, 0.4) is 0 Å². The molecule has 30 heavy (non-hydrogen) atoms. The fourth-order valence-corrected chi connectivity index (χ4v) is 3.84. The molecule has 0 saturated heterocycles. The number of pyridine rings is 1. The quantitative estimate of drug-likeness (QED) is 0.368. The van der Waals surface area contributed by atoms with Crippen LogP contribution in [0.1, 0.15) is 47.3 Å². The van der Waals surface area contributed by atoms with Gasteiger partial charge in [-0.05, 0) is 37.6 Å². The third kappa shape index (κ3) is 3.45. The zero-order chi connectivity index (χ0) is 21.4. The molecule has 0 aliphatic heterocycles. The predicted octanol–water partition coefficient (Wildman–Crippen LogP) is 4.76. The van der Waals surface area contributed by atoms with Gasteiger partial charge in [0, 0.05) is 29.8 Å². The number of imidazole rings is 1. The van der Waals surface area contributed by atoms with Crippen LogP contribution in [0.25, 0.3) is 16.6 Å². The van der Waals surface area contributed by atoms with Crippen LogP contribution >= 0.6 is 11.6 Å². The molecule has 0 radical (unpaired) electrons. The van der Waals surface area contributed by atoms with Gasteiger partial charge in [0.1, 0.15) is 16.6 Å². The van der Waals surface area contributed by atoms with Crippen molar-refractivity contribution in [3.63, 3.8) is 0 Å². The number of halogens is 1. The van der Waals surface area contributed by atoms with E-state index < -0.39 is 5.97 Å². The lowest BCUT2D eigenvalue weighted by Crippen LogP contribution is -2.14. The molecule has 3 aromatic heterocycles. The molecule has 4 aromatic rings. The molecule has 0 spiro atoms. The number of aromatic nitrogens is 4. The molecule has 8 heteroatoms. The summed E-state index contributed by atoms with van der Waals surface area (Å²) in [4.78, 5) is 25.8. The number of esters is 1. The molecule has 1 aromatic carbocycles. The van der Waals surface area contributed by atoms with Crippen molar-refractivity contribution in [2.45, 2.75) is 33.2 Å². The lowest BCUT2D eigenvalue weighted by molar-refractivity contribution is 0.0595. The largest absolute Gasteiger partial charge is 0.464 e. The average molecular weight is 424 g/mol. The standard InChI is InChI=1S/C22H22ClN5O2/c1-5-18-27-19-14(10-12(2)11-15(19)21-24-8-9-28(18)21)13(3)25-16-6-7-17(23)26-20(16)22(29)30-4/h6-11,13,25H,5H2,1-4H3/t13-/m1/s1. The van der Waals surface area contributed by atoms with E-state index in [0.717, 1.165) is 39.9 Å². The van der Waals surface area contributed by atoms with Crippen molar-refractivity contribution >= 4 is 39.8 Å². The first kappa shape index (κ1) is 20.1. The topological polar surface area (TPSA) is 81.4 Å². The molecule has 0 bridgehead atoms. The minimum Gasteiger partial charge on any atom is -0.464 e. The van der Waals surface area contributed by atoms with E-state index in [1.807, 2.05) is 24.4 Å². The Balaban J connectivity index is 1.85. The Morgan fingerprint density at radius 1 is 1.30 bits per heavy atom. The summed E-state index contributed by atoms with van der Waals surface area (Å²) < 4.78 is 6.88. The summed E-state index contributed by atoms with van der Waals surface area (Å²) in [5.41, 5.74) is 4.58. The van der Waals surface area contributed by atoms with Crippen molar-refractivity contribution < 1.29 is 9.53 Å². The number of nitrogens with one attached hydrogen (secondary N) is 1. The van der Waals surface area contributed by atoms with Crippen molar-refractivity contribution in [1.29, 1.82) is 0 Å². The molecule has 0 unspecified atom stereocenters. The number of benzene rings is 1. The highest BCUT2D eigenvalue weighted by Crippen LogP contribution is 2.31. The lowest BCUT2D eigenvalue weighted by Gasteiger charge is -2.20. The molecule has 4 rings (SSSR count). The van der Waals surface area contributed by atoms with Crippen LogP contribution in [0, 0.1) is 6.92 Å². The van der Waals surface area contributed by atoms with Gasteiger partial charge < -0.3 is 10.1 Å². The second kappa shape index (κ2) is 7.91. The predicted molar refractivity (Wildman–Crippen MR) is 117 cm³/mol.